The predicted octanol–water partition coefficient (Wildman–Crippen LogP) is 3.11. The number of carbonyl (C=O) groups is 1. The zero-order chi connectivity index (χ0) is 20.9. The number of methoxy groups -OCH3 is 1. The summed E-state index contributed by atoms with van der Waals surface area (Å²) in [6.45, 7) is 3.57. The number of carbonyl (C=O) groups excluding carboxylic acids is 1. The molecule has 0 unspecified atom stereocenters. The molecule has 3 aromatic rings. The Hall–Kier alpha value is -3.39. The van der Waals surface area contributed by atoms with Gasteiger partial charge >= 0.3 is 0 Å². The largest absolute Gasteiger partial charge is 0.454 e. The average Bonchev–Trinajstić information content (AvgIpc) is 3.43. The van der Waals surface area contributed by atoms with Gasteiger partial charge in [-0.25, -0.2) is 0 Å². The van der Waals surface area contributed by atoms with Crippen LogP contribution in [0.2, 0.25) is 0 Å². The van der Waals surface area contributed by atoms with E-state index < -0.39 is 0 Å². The van der Waals surface area contributed by atoms with Crippen molar-refractivity contribution in [2.45, 2.75) is 13.3 Å². The maximum atomic E-state index is 12.9. The van der Waals surface area contributed by atoms with Crippen molar-refractivity contribution in [3.05, 3.63) is 59.5 Å². The van der Waals surface area contributed by atoms with Crippen molar-refractivity contribution in [3.8, 4) is 22.9 Å². The molecule has 0 spiro atoms. The van der Waals surface area contributed by atoms with Gasteiger partial charge in [-0.05, 0) is 37.3 Å². The zero-order valence-corrected chi connectivity index (χ0v) is 17.0. The lowest BCUT2D eigenvalue weighted by Crippen LogP contribution is -2.35. The van der Waals surface area contributed by atoms with E-state index in [9.17, 15) is 4.79 Å². The maximum absolute atomic E-state index is 12.9. The van der Waals surface area contributed by atoms with E-state index in [2.05, 4.69) is 10.1 Å². The Morgan fingerprint density at radius 3 is 2.70 bits per heavy atom. The fourth-order valence-corrected chi connectivity index (χ4v) is 3.13. The third-order valence-corrected chi connectivity index (χ3v) is 4.85. The Kier molecular flexibility index (Phi) is 5.94. The first kappa shape index (κ1) is 19.9. The van der Waals surface area contributed by atoms with Gasteiger partial charge in [-0.2, -0.15) is 4.98 Å². The van der Waals surface area contributed by atoms with E-state index >= 15 is 0 Å². The lowest BCUT2D eigenvalue weighted by molar-refractivity contribution is 0.0694. The predicted molar refractivity (Wildman–Crippen MR) is 109 cm³/mol. The molecule has 2 aromatic carbocycles. The Balaban J connectivity index is 1.43. The summed E-state index contributed by atoms with van der Waals surface area (Å²) >= 11 is 0. The summed E-state index contributed by atoms with van der Waals surface area (Å²) in [6.07, 6.45) is 0.443. The highest BCUT2D eigenvalue weighted by molar-refractivity contribution is 5.94. The highest BCUT2D eigenvalue weighted by Gasteiger charge is 2.19. The van der Waals surface area contributed by atoms with Crippen molar-refractivity contribution in [3.63, 3.8) is 0 Å². The van der Waals surface area contributed by atoms with Crippen LogP contribution in [0.4, 0.5) is 0 Å². The maximum Gasteiger partial charge on any atom is 0.253 e. The van der Waals surface area contributed by atoms with Gasteiger partial charge in [0.2, 0.25) is 18.5 Å². The molecule has 0 atom stereocenters. The van der Waals surface area contributed by atoms with Crippen molar-refractivity contribution < 1.29 is 23.5 Å². The molecule has 0 N–H and O–H groups in total. The van der Waals surface area contributed by atoms with E-state index in [-0.39, 0.29) is 12.7 Å². The first-order valence-corrected chi connectivity index (χ1v) is 9.71. The molecule has 0 fully saturated rings. The van der Waals surface area contributed by atoms with Crippen LogP contribution in [-0.4, -0.2) is 54.5 Å². The third-order valence-electron chi connectivity index (χ3n) is 4.85. The minimum atomic E-state index is -0.0532. The number of hydrogen-bond acceptors (Lipinski definition) is 7. The number of hydrogen-bond donors (Lipinski definition) is 0. The lowest BCUT2D eigenvalue weighted by Gasteiger charge is -2.21. The number of aryl methyl sites for hydroxylation is 1. The SMILES string of the molecule is COCCN(CCc1nc(-c2ccc3c(c2)OCO3)no1)C(=O)c1ccc(C)cc1. The van der Waals surface area contributed by atoms with Crippen LogP contribution in [0.3, 0.4) is 0 Å². The van der Waals surface area contributed by atoms with Crippen LogP contribution >= 0.6 is 0 Å². The second-order valence-electron chi connectivity index (χ2n) is 6.98. The smallest absolute Gasteiger partial charge is 0.253 e. The molecule has 156 valence electrons. The fraction of sp³-hybridized carbons (Fsp3) is 0.318. The van der Waals surface area contributed by atoms with Crippen molar-refractivity contribution in [1.29, 1.82) is 0 Å². The lowest BCUT2D eigenvalue weighted by atomic mass is 10.1. The van der Waals surface area contributed by atoms with Crippen molar-refractivity contribution in [2.75, 3.05) is 33.6 Å². The molecule has 1 aromatic heterocycles. The molecule has 0 radical (unpaired) electrons. The van der Waals surface area contributed by atoms with E-state index in [0.29, 0.717) is 54.9 Å². The summed E-state index contributed by atoms with van der Waals surface area (Å²) in [5, 5.41) is 4.05. The van der Waals surface area contributed by atoms with Gasteiger partial charge < -0.3 is 23.6 Å². The zero-order valence-electron chi connectivity index (χ0n) is 17.0. The van der Waals surface area contributed by atoms with Crippen LogP contribution in [0.25, 0.3) is 11.4 Å². The molecule has 0 aliphatic carbocycles. The van der Waals surface area contributed by atoms with Crippen molar-refractivity contribution in [2.24, 2.45) is 0 Å². The average molecular weight is 409 g/mol. The van der Waals surface area contributed by atoms with Crippen LogP contribution in [0.15, 0.2) is 47.0 Å². The van der Waals surface area contributed by atoms with Crippen LogP contribution < -0.4 is 9.47 Å². The Morgan fingerprint density at radius 2 is 1.90 bits per heavy atom. The van der Waals surface area contributed by atoms with Gasteiger partial charge in [-0.15, -0.1) is 0 Å². The molecule has 1 aliphatic heterocycles. The van der Waals surface area contributed by atoms with E-state index in [4.69, 9.17) is 18.7 Å². The summed E-state index contributed by atoms with van der Waals surface area (Å²) in [5.74, 6) is 2.24. The molecule has 1 amide bonds. The molecular weight excluding hydrogens is 386 g/mol. The summed E-state index contributed by atoms with van der Waals surface area (Å²) in [5.41, 5.74) is 2.53. The van der Waals surface area contributed by atoms with Gasteiger partial charge in [0.15, 0.2) is 11.5 Å². The quantitative estimate of drug-likeness (QED) is 0.565. The minimum absolute atomic E-state index is 0.0532. The highest BCUT2D eigenvalue weighted by atomic mass is 16.7. The standard InChI is InChI=1S/C22H23N3O5/c1-15-3-5-16(6-4-15)22(26)25(11-12-27-2)10-9-20-23-21(24-30-20)17-7-8-18-19(13-17)29-14-28-18/h3-8,13H,9-12,14H2,1-2H3. The molecule has 0 saturated heterocycles. The van der Waals surface area contributed by atoms with Crippen LogP contribution in [-0.2, 0) is 11.2 Å². The van der Waals surface area contributed by atoms with Crippen LogP contribution in [0.5, 0.6) is 11.5 Å². The summed E-state index contributed by atoms with van der Waals surface area (Å²) in [6, 6.07) is 13.0. The minimum Gasteiger partial charge on any atom is -0.454 e. The number of fused-ring (bicyclic) bond motifs is 1. The molecule has 8 heteroatoms. The van der Waals surface area contributed by atoms with Gasteiger partial charge in [-0.1, -0.05) is 22.9 Å². The molecule has 2 heterocycles. The number of rotatable bonds is 8. The fourth-order valence-electron chi connectivity index (χ4n) is 3.13. The number of amides is 1. The Labute approximate surface area is 174 Å². The van der Waals surface area contributed by atoms with Crippen LogP contribution in [0.1, 0.15) is 21.8 Å². The normalized spacial score (nSPS) is 12.2. The second kappa shape index (κ2) is 8.96. The van der Waals surface area contributed by atoms with Gasteiger partial charge in [0, 0.05) is 37.7 Å². The molecule has 8 nitrogen and oxygen atoms in total. The van der Waals surface area contributed by atoms with E-state index in [1.807, 2.05) is 49.4 Å². The number of ether oxygens (including phenoxy) is 3. The first-order valence-electron chi connectivity index (χ1n) is 9.71. The van der Waals surface area contributed by atoms with Crippen molar-refractivity contribution in [1.82, 2.24) is 15.0 Å². The molecular formula is C22H23N3O5. The molecule has 0 saturated carbocycles. The number of nitrogens with zero attached hydrogens (tertiary/aromatic N) is 3. The molecule has 4 rings (SSSR count). The second-order valence-corrected chi connectivity index (χ2v) is 6.98. The van der Waals surface area contributed by atoms with E-state index in [0.717, 1.165) is 11.1 Å². The Morgan fingerprint density at radius 1 is 1.10 bits per heavy atom. The molecule has 30 heavy (non-hydrogen) atoms. The summed E-state index contributed by atoms with van der Waals surface area (Å²) in [7, 11) is 1.62. The first-order chi connectivity index (χ1) is 14.6. The Bertz CT molecular complexity index is 1020. The van der Waals surface area contributed by atoms with Gasteiger partial charge in [-0.3, -0.25) is 4.79 Å². The van der Waals surface area contributed by atoms with E-state index in [1.54, 1.807) is 12.0 Å². The topological polar surface area (TPSA) is 86.9 Å². The highest BCUT2D eigenvalue weighted by Crippen LogP contribution is 2.35. The third kappa shape index (κ3) is 4.44. The van der Waals surface area contributed by atoms with E-state index in [1.165, 1.54) is 0 Å². The van der Waals surface area contributed by atoms with Gasteiger partial charge in [0.1, 0.15) is 0 Å². The molecule has 1 aliphatic rings. The van der Waals surface area contributed by atoms with Crippen LogP contribution in [0, 0.1) is 6.92 Å². The monoisotopic (exact) mass is 409 g/mol. The van der Waals surface area contributed by atoms with Crippen molar-refractivity contribution >= 4 is 5.91 Å². The van der Waals surface area contributed by atoms with Gasteiger partial charge in [0.25, 0.3) is 5.91 Å². The summed E-state index contributed by atoms with van der Waals surface area (Å²) < 4.78 is 21.3. The number of benzene rings is 2. The van der Waals surface area contributed by atoms with Gasteiger partial charge in [0.05, 0.1) is 6.61 Å². The summed E-state index contributed by atoms with van der Waals surface area (Å²) in [4.78, 5) is 19.1. The molecule has 0 bridgehead atoms. The number of aromatic nitrogens is 2.